The largest absolute Gasteiger partial charge is 0.399 e. The van der Waals surface area contributed by atoms with Gasteiger partial charge in [0, 0.05) is 51.1 Å². The second kappa shape index (κ2) is 29.4. The van der Waals surface area contributed by atoms with Crippen molar-refractivity contribution in [1.82, 2.24) is 30.0 Å². The van der Waals surface area contributed by atoms with Crippen LogP contribution >= 0.6 is 7.60 Å². The Kier molecular flexibility index (Phi) is 22.7. The predicted molar refractivity (Wildman–Crippen MR) is 307 cm³/mol. The van der Waals surface area contributed by atoms with Crippen molar-refractivity contribution >= 4 is 65.4 Å². The van der Waals surface area contributed by atoms with Crippen molar-refractivity contribution in [2.24, 2.45) is 24.6 Å². The monoisotopic (exact) mass is 1190 g/mol. The van der Waals surface area contributed by atoms with Gasteiger partial charge in [0.05, 0.1) is 43.0 Å². The van der Waals surface area contributed by atoms with Gasteiger partial charge in [-0.15, -0.1) is 0 Å². The van der Waals surface area contributed by atoms with Gasteiger partial charge in [0.2, 0.25) is 35.4 Å². The van der Waals surface area contributed by atoms with E-state index in [0.29, 0.717) is 74.0 Å². The topological polar surface area (TPSA) is 297 Å². The van der Waals surface area contributed by atoms with Crippen molar-refractivity contribution in [3.05, 3.63) is 111 Å². The highest BCUT2D eigenvalue weighted by molar-refractivity contribution is 7.52. The summed E-state index contributed by atoms with van der Waals surface area (Å²) < 4.78 is 60.3. The van der Waals surface area contributed by atoms with Crippen LogP contribution in [0.25, 0.3) is 16.6 Å². The maximum absolute atomic E-state index is 14.3. The second-order valence-electron chi connectivity index (χ2n) is 22.3. The Balaban J connectivity index is 0.799. The highest BCUT2D eigenvalue weighted by Crippen LogP contribution is 2.59. The minimum atomic E-state index is -5.77. The lowest BCUT2D eigenvalue weighted by Crippen LogP contribution is -2.57. The maximum atomic E-state index is 14.3. The molecule has 4 aromatic rings. The lowest BCUT2D eigenvalue weighted by atomic mass is 10.0. The van der Waals surface area contributed by atoms with Gasteiger partial charge in [-0.2, -0.15) is 8.78 Å². The highest BCUT2D eigenvalue weighted by atomic mass is 31.2. The SMILES string of the molecule is CCCC[C@H](NC(=O)/C=C(\C)c1ccc(C(F)(F)P(=O)(O)O)cc1)C(=O)N1C[C@H]2C[C@H]2[C@H]1C(=O)N[C@@H](CCC(N)=O)[C@@H](C)OCc1ccc(CCCCC(=O)COCCOCCCc2ccc3c(c2)n(C)c(=O)n3C2CCC(=O)NC2=O)cc1. The molecule has 1 saturated carbocycles. The van der Waals surface area contributed by atoms with E-state index in [9.17, 15) is 51.7 Å². The number of carbonyl (C=O) groups is 7. The number of imide groups is 1. The molecule has 21 nitrogen and oxygen atoms in total. The number of rotatable bonds is 33. The van der Waals surface area contributed by atoms with Crippen molar-refractivity contribution in [2.75, 3.05) is 33.0 Å². The lowest BCUT2D eigenvalue weighted by Gasteiger charge is -2.33. The molecule has 0 radical (unpaired) electrons. The number of nitrogens with zero attached hydrogens (tertiary/aromatic N) is 3. The normalized spacial score (nSPS) is 19.1. The van der Waals surface area contributed by atoms with E-state index in [1.807, 2.05) is 49.4 Å². The number of primary amides is 1. The number of benzene rings is 3. The Bertz CT molecular complexity index is 3160. The number of alkyl halides is 2. The van der Waals surface area contributed by atoms with Crippen LogP contribution in [0.5, 0.6) is 0 Å². The zero-order chi connectivity index (χ0) is 60.9. The molecule has 84 heavy (non-hydrogen) atoms. The number of carbonyl (C=O) groups excluding carboxylic acids is 7. The number of hydrogen-bond donors (Lipinski definition) is 6. The lowest BCUT2D eigenvalue weighted by molar-refractivity contribution is -0.143. The average molecular weight is 1190 g/mol. The Morgan fingerprint density at radius 3 is 2.25 bits per heavy atom. The van der Waals surface area contributed by atoms with Crippen LogP contribution in [-0.2, 0) is 84.5 Å². The number of ether oxygens (including phenoxy) is 3. The Morgan fingerprint density at radius 1 is 0.869 bits per heavy atom. The number of halogens is 2. The van der Waals surface area contributed by atoms with Crippen LogP contribution in [0.15, 0.2) is 77.6 Å². The third-order valence-electron chi connectivity index (χ3n) is 15.9. The van der Waals surface area contributed by atoms with Gasteiger partial charge in [-0.1, -0.05) is 74.4 Å². The van der Waals surface area contributed by atoms with Gasteiger partial charge in [-0.25, -0.2) is 4.79 Å². The Morgan fingerprint density at radius 2 is 1.56 bits per heavy atom. The van der Waals surface area contributed by atoms with E-state index < -0.39 is 78.6 Å². The molecule has 6 amide bonds. The van der Waals surface area contributed by atoms with Crippen LogP contribution in [0.3, 0.4) is 0 Å². The number of unbranched alkanes of at least 4 members (excludes halogenated alkanes) is 2. The molecular formula is C60H78F2N7O14P. The number of aryl methyl sites for hydroxylation is 3. The van der Waals surface area contributed by atoms with Gasteiger partial charge in [-0.3, -0.25) is 52.6 Å². The summed E-state index contributed by atoms with van der Waals surface area (Å²) in [5, 5.41) is 8.16. The molecule has 1 unspecified atom stereocenters. The number of likely N-dealkylation sites (tertiary alicyclic amines) is 1. The van der Waals surface area contributed by atoms with Gasteiger partial charge in [0.1, 0.15) is 24.7 Å². The summed E-state index contributed by atoms with van der Waals surface area (Å²) in [6.07, 6.45) is 7.69. The van der Waals surface area contributed by atoms with E-state index in [1.165, 1.54) is 32.2 Å². The zero-order valence-electron chi connectivity index (χ0n) is 48.0. The van der Waals surface area contributed by atoms with E-state index in [4.69, 9.17) is 29.7 Å². The number of hydrogen-bond acceptors (Lipinski definition) is 12. The van der Waals surface area contributed by atoms with Crippen molar-refractivity contribution in [1.29, 1.82) is 0 Å². The molecular weight excluding hydrogens is 1110 g/mol. The summed E-state index contributed by atoms with van der Waals surface area (Å²) >= 11 is 0. The second-order valence-corrected chi connectivity index (χ2v) is 23.9. The molecule has 3 heterocycles. The molecule has 1 aromatic heterocycles. The molecule has 0 bridgehead atoms. The molecule has 1 aliphatic carbocycles. The molecule has 2 aliphatic heterocycles. The van der Waals surface area contributed by atoms with Crippen molar-refractivity contribution < 1.29 is 70.9 Å². The van der Waals surface area contributed by atoms with Crippen LogP contribution in [0.2, 0.25) is 0 Å². The van der Waals surface area contributed by atoms with Crippen molar-refractivity contribution in [2.45, 2.75) is 153 Å². The molecule has 3 fully saturated rings. The van der Waals surface area contributed by atoms with Crippen LogP contribution in [0, 0.1) is 11.8 Å². The van der Waals surface area contributed by atoms with Gasteiger partial charge >= 0.3 is 18.9 Å². The number of nitrogens with two attached hydrogens (primary N) is 1. The van der Waals surface area contributed by atoms with Gasteiger partial charge in [0.15, 0.2) is 5.78 Å². The van der Waals surface area contributed by atoms with Crippen molar-refractivity contribution in [3.8, 4) is 0 Å². The zero-order valence-corrected chi connectivity index (χ0v) is 48.9. The molecule has 0 spiro atoms. The summed E-state index contributed by atoms with van der Waals surface area (Å²) in [6, 6.07) is 14.6. The van der Waals surface area contributed by atoms with E-state index in [0.717, 1.165) is 54.5 Å². The van der Waals surface area contributed by atoms with Gasteiger partial charge in [-0.05, 0) is 123 Å². The van der Waals surface area contributed by atoms with E-state index in [2.05, 4.69) is 16.0 Å². The van der Waals surface area contributed by atoms with Crippen LogP contribution in [0.1, 0.15) is 132 Å². The number of allylic oxidation sites excluding steroid dienone is 1. The Hall–Kier alpha value is -6.75. The number of ketones is 1. The fraction of sp³-hybridized carbons (Fsp3) is 0.533. The summed E-state index contributed by atoms with van der Waals surface area (Å²) in [5.74, 6) is -2.78. The number of Topliss-reactive ketones (excluding diaryl/α,β-unsaturated/α-hetero) is 1. The number of nitrogens with one attached hydrogen (secondary N) is 3. The molecule has 2 saturated heterocycles. The van der Waals surface area contributed by atoms with Crippen molar-refractivity contribution in [3.63, 3.8) is 0 Å². The number of piperidine rings is 2. The first-order valence-corrected chi connectivity index (χ1v) is 30.4. The van der Waals surface area contributed by atoms with E-state index >= 15 is 0 Å². The molecule has 3 aliphatic rings. The standard InChI is InChI=1S/C60H78F2N7O14P/c1-5-6-13-48(64-54(73)31-37(2)42-19-21-44(22-20-42)60(61,62)84(78,79)80)58(76)68-34-43-33-46(43)55(68)57(75)65-47(23-26-52(63)71)38(3)83-35-41-16-14-39(15-17-41)10-7-8-12-45(70)36-82-30-29-81-28-9-11-40-18-24-49-51(32-40)67(4)59(77)69(49)50-25-27-53(72)66-56(50)74/h14-22,24,31-32,38,43,46-48,50,55H,5-13,23,25-30,33-36H2,1-4H3,(H2,63,71)(H,64,73)(H,65,75)(H,66,72,74)(H2,78,79,80)/b37-31+/t38-,43-,46-,47+,48+,50?,55+/m1/s1. The number of amides is 6. The quantitative estimate of drug-likeness (QED) is 0.0143. The molecule has 456 valence electrons. The molecule has 7 N–H and O–H groups in total. The van der Waals surface area contributed by atoms with E-state index in [1.54, 1.807) is 20.9 Å². The van der Waals surface area contributed by atoms with Crippen LogP contribution in [0.4, 0.5) is 8.78 Å². The minimum Gasteiger partial charge on any atom is -0.379 e. The first-order chi connectivity index (χ1) is 40.0. The number of imidazole rings is 1. The molecule has 24 heteroatoms. The number of aromatic nitrogens is 2. The van der Waals surface area contributed by atoms with E-state index in [-0.39, 0.29) is 81.1 Å². The molecule has 3 aromatic carbocycles. The highest BCUT2D eigenvalue weighted by Gasteiger charge is 2.58. The fourth-order valence-electron chi connectivity index (χ4n) is 10.9. The van der Waals surface area contributed by atoms with Gasteiger partial charge < -0.3 is 45.3 Å². The summed E-state index contributed by atoms with van der Waals surface area (Å²) in [5.41, 5.74) is 4.96. The summed E-state index contributed by atoms with van der Waals surface area (Å²) in [6.45, 7) is 6.94. The minimum absolute atomic E-state index is 0.00870. The average Bonchev–Trinajstić information content (AvgIpc) is 1.88. The van der Waals surface area contributed by atoms with Gasteiger partial charge in [0.25, 0.3) is 0 Å². The third kappa shape index (κ3) is 17.0. The molecule has 7 rings (SSSR count). The Labute approximate surface area is 486 Å². The summed E-state index contributed by atoms with van der Waals surface area (Å²) in [7, 11) is -4.11. The smallest absolute Gasteiger partial charge is 0.379 e. The van der Waals surface area contributed by atoms with Crippen LogP contribution in [-0.4, -0.2) is 122 Å². The maximum Gasteiger partial charge on any atom is 0.399 e. The number of fused-ring (bicyclic) bond motifs is 2. The first kappa shape index (κ1) is 64.8. The fourth-order valence-corrected chi connectivity index (χ4v) is 11.4. The summed E-state index contributed by atoms with van der Waals surface area (Å²) in [4.78, 5) is 123. The predicted octanol–water partition coefficient (Wildman–Crippen LogP) is 5.77. The first-order valence-electron chi connectivity index (χ1n) is 28.8. The van der Waals surface area contributed by atoms with Crippen LogP contribution < -0.4 is 27.4 Å². The third-order valence-corrected chi connectivity index (χ3v) is 16.9. The molecule has 7 atom stereocenters.